The second kappa shape index (κ2) is 5.29. The normalized spacial score (nSPS) is 23.8. The van der Waals surface area contributed by atoms with E-state index in [1.54, 1.807) is 29.8 Å². The Morgan fingerprint density at radius 3 is 2.59 bits per heavy atom. The van der Waals surface area contributed by atoms with Crippen LogP contribution in [-0.2, 0) is 9.59 Å². The minimum atomic E-state index is -0.779. The number of amidine groups is 1. The molecule has 0 N–H and O–H groups in total. The highest BCUT2D eigenvalue weighted by Gasteiger charge is 2.57. The van der Waals surface area contributed by atoms with Gasteiger partial charge in [-0.1, -0.05) is 4.99 Å². The molecule has 1 unspecified atom stereocenters. The molecule has 4 amide bonds. The maximum Gasteiger partial charge on any atom is 0.405 e. The predicted molar refractivity (Wildman–Crippen MR) is 92.2 cm³/mol. The first-order chi connectivity index (χ1) is 13.0. The van der Waals surface area contributed by atoms with Crippen LogP contribution in [0.1, 0.15) is 0 Å². The van der Waals surface area contributed by atoms with E-state index in [0.29, 0.717) is 42.2 Å². The molecular weight excluding hydrogens is 354 g/mol. The lowest BCUT2D eigenvalue weighted by Crippen LogP contribution is -2.61. The van der Waals surface area contributed by atoms with Crippen molar-refractivity contribution in [1.82, 2.24) is 9.80 Å². The standard InChI is InChI=1S/C17H16N5O5/c1-19-14-13(15(24)20(2)17(19)25)21-8-12(23)22(16(21)18-14)9-3-4-10-11(7-9)27-6-5-26-10/h3-4,7,13H,5-6,8H2,1-2H3/q+1. The van der Waals surface area contributed by atoms with E-state index in [0.717, 1.165) is 4.90 Å². The van der Waals surface area contributed by atoms with E-state index in [-0.39, 0.29) is 12.5 Å². The Labute approximate surface area is 153 Å². The Balaban J connectivity index is 1.58. The first kappa shape index (κ1) is 15.8. The summed E-state index contributed by atoms with van der Waals surface area (Å²) < 4.78 is 12.7. The van der Waals surface area contributed by atoms with E-state index in [4.69, 9.17) is 9.47 Å². The van der Waals surface area contributed by atoms with Crippen LogP contribution in [0.5, 0.6) is 11.5 Å². The van der Waals surface area contributed by atoms with Gasteiger partial charge in [0.2, 0.25) is 11.9 Å². The summed E-state index contributed by atoms with van der Waals surface area (Å²) in [6.45, 7) is 0.916. The number of aliphatic imine (C=N–C) groups is 1. The third-order valence-electron chi connectivity index (χ3n) is 5.05. The van der Waals surface area contributed by atoms with Crippen molar-refractivity contribution in [3.63, 3.8) is 0 Å². The Morgan fingerprint density at radius 1 is 1.07 bits per heavy atom. The number of rotatable bonds is 1. The number of carbonyl (C=O) groups is 3. The van der Waals surface area contributed by atoms with E-state index in [9.17, 15) is 14.4 Å². The van der Waals surface area contributed by atoms with Gasteiger partial charge in [0, 0.05) is 20.2 Å². The second-order valence-corrected chi connectivity index (χ2v) is 6.60. The summed E-state index contributed by atoms with van der Waals surface area (Å²) in [5.74, 6) is 1.22. The average Bonchev–Trinajstić information content (AvgIpc) is 3.18. The third kappa shape index (κ3) is 2.03. The number of hydrogen-bond donors (Lipinski definition) is 0. The lowest BCUT2D eigenvalue weighted by Gasteiger charge is -2.31. The SMILES string of the molecule is CN1C(=O)C2C(=NC3=[N+]2CC(=O)N3c2ccc3c(c2)OCCO3)N(C)C1=O. The Morgan fingerprint density at radius 2 is 1.81 bits per heavy atom. The van der Waals surface area contributed by atoms with Crippen molar-refractivity contribution < 1.29 is 28.4 Å². The molecule has 5 rings (SSSR count). The number of hydrogen-bond acceptors (Lipinski definition) is 6. The van der Waals surface area contributed by atoms with Gasteiger partial charge < -0.3 is 9.47 Å². The molecule has 1 saturated heterocycles. The fraction of sp³-hybridized carbons (Fsp3) is 0.353. The van der Waals surface area contributed by atoms with Crippen LogP contribution in [0.25, 0.3) is 0 Å². The molecule has 27 heavy (non-hydrogen) atoms. The highest BCUT2D eigenvalue weighted by molar-refractivity contribution is 6.28. The number of amides is 4. The first-order valence-electron chi connectivity index (χ1n) is 8.47. The number of imide groups is 1. The first-order valence-corrected chi connectivity index (χ1v) is 8.47. The van der Waals surface area contributed by atoms with Crippen LogP contribution in [0, 0.1) is 0 Å². The van der Waals surface area contributed by atoms with Gasteiger partial charge >= 0.3 is 17.9 Å². The van der Waals surface area contributed by atoms with Crippen molar-refractivity contribution in [3.05, 3.63) is 18.2 Å². The fourth-order valence-electron chi connectivity index (χ4n) is 3.68. The molecule has 138 valence electrons. The van der Waals surface area contributed by atoms with E-state index in [1.165, 1.54) is 16.8 Å². The average molecular weight is 370 g/mol. The topological polar surface area (TPSA) is 94.8 Å². The van der Waals surface area contributed by atoms with Gasteiger partial charge in [-0.05, 0) is 12.1 Å². The predicted octanol–water partition coefficient (Wildman–Crippen LogP) is -0.523. The number of anilines is 1. The van der Waals surface area contributed by atoms with Gasteiger partial charge in [0.1, 0.15) is 18.9 Å². The molecule has 0 aromatic heterocycles. The van der Waals surface area contributed by atoms with Gasteiger partial charge in [-0.2, -0.15) is 4.90 Å². The molecule has 10 heteroatoms. The molecular formula is C17H16N5O5+. The molecule has 0 bridgehead atoms. The lowest BCUT2D eigenvalue weighted by molar-refractivity contribution is -0.519. The van der Waals surface area contributed by atoms with Crippen molar-refractivity contribution in [2.45, 2.75) is 6.04 Å². The minimum absolute atomic E-state index is 0.00303. The maximum atomic E-state index is 12.7. The van der Waals surface area contributed by atoms with E-state index >= 15 is 0 Å². The summed E-state index contributed by atoms with van der Waals surface area (Å²) in [4.78, 5) is 45.8. The van der Waals surface area contributed by atoms with Gasteiger partial charge in [-0.3, -0.25) is 19.4 Å². The van der Waals surface area contributed by atoms with Crippen LogP contribution in [-0.4, -0.2) is 83.9 Å². The molecule has 4 heterocycles. The molecule has 1 aromatic rings. The molecule has 0 spiro atoms. The number of benzene rings is 1. The number of ether oxygens (including phenoxy) is 2. The van der Waals surface area contributed by atoms with E-state index in [2.05, 4.69) is 4.99 Å². The quantitative estimate of drug-likeness (QED) is 0.620. The zero-order chi connectivity index (χ0) is 18.9. The van der Waals surface area contributed by atoms with Crippen LogP contribution < -0.4 is 14.4 Å². The molecule has 4 aliphatic heterocycles. The molecule has 0 aliphatic carbocycles. The Hall–Kier alpha value is -3.43. The highest BCUT2D eigenvalue weighted by Crippen LogP contribution is 2.36. The minimum Gasteiger partial charge on any atom is -0.486 e. The smallest absolute Gasteiger partial charge is 0.405 e. The van der Waals surface area contributed by atoms with E-state index in [1.807, 2.05) is 0 Å². The van der Waals surface area contributed by atoms with Crippen molar-refractivity contribution in [2.75, 3.05) is 38.8 Å². The molecule has 0 radical (unpaired) electrons. The summed E-state index contributed by atoms with van der Waals surface area (Å²) in [6, 6.07) is 3.97. The number of fused-ring (bicyclic) bond motifs is 3. The Kier molecular flexibility index (Phi) is 3.09. The fourth-order valence-corrected chi connectivity index (χ4v) is 3.68. The second-order valence-electron chi connectivity index (χ2n) is 6.60. The molecule has 1 aromatic carbocycles. The largest absolute Gasteiger partial charge is 0.486 e. The number of urea groups is 1. The number of nitrogens with zero attached hydrogens (tertiary/aromatic N) is 5. The Bertz CT molecular complexity index is 984. The molecule has 4 aliphatic rings. The summed E-state index contributed by atoms with van der Waals surface area (Å²) in [5.41, 5.74) is 0.569. The molecule has 0 saturated carbocycles. The molecule has 10 nitrogen and oxygen atoms in total. The van der Waals surface area contributed by atoms with Crippen LogP contribution >= 0.6 is 0 Å². The van der Waals surface area contributed by atoms with Crippen LogP contribution in [0.3, 0.4) is 0 Å². The molecule has 1 atom stereocenters. The van der Waals surface area contributed by atoms with Crippen molar-refractivity contribution in [1.29, 1.82) is 0 Å². The third-order valence-corrected chi connectivity index (χ3v) is 5.05. The van der Waals surface area contributed by atoms with Gasteiger partial charge in [-0.25, -0.2) is 9.37 Å². The zero-order valence-corrected chi connectivity index (χ0v) is 14.7. The lowest BCUT2D eigenvalue weighted by atomic mass is 10.1. The van der Waals surface area contributed by atoms with Crippen LogP contribution in [0.15, 0.2) is 23.2 Å². The molecule has 1 fully saturated rings. The van der Waals surface area contributed by atoms with Crippen LogP contribution in [0.4, 0.5) is 10.5 Å². The van der Waals surface area contributed by atoms with Gasteiger partial charge in [-0.15, -0.1) is 0 Å². The summed E-state index contributed by atoms with van der Waals surface area (Å²) >= 11 is 0. The van der Waals surface area contributed by atoms with Gasteiger partial charge in [0.15, 0.2) is 18.0 Å². The summed E-state index contributed by atoms with van der Waals surface area (Å²) in [5, 5.41) is 0. The van der Waals surface area contributed by atoms with Crippen molar-refractivity contribution in [2.24, 2.45) is 4.99 Å². The zero-order valence-electron chi connectivity index (χ0n) is 14.7. The number of guanidine groups is 1. The van der Waals surface area contributed by atoms with Crippen LogP contribution in [0.2, 0.25) is 0 Å². The number of likely N-dealkylation sites (N-methyl/N-ethyl adjacent to an activating group) is 2. The summed E-state index contributed by atoms with van der Waals surface area (Å²) in [6.07, 6.45) is 0. The van der Waals surface area contributed by atoms with Gasteiger partial charge in [0.25, 0.3) is 5.91 Å². The number of carbonyl (C=O) groups excluding carboxylic acids is 3. The summed E-state index contributed by atoms with van der Waals surface area (Å²) in [7, 11) is 2.99. The monoisotopic (exact) mass is 370 g/mol. The van der Waals surface area contributed by atoms with E-state index < -0.39 is 18.0 Å². The van der Waals surface area contributed by atoms with Crippen molar-refractivity contribution in [3.8, 4) is 11.5 Å². The van der Waals surface area contributed by atoms with Gasteiger partial charge in [0.05, 0.1) is 0 Å². The van der Waals surface area contributed by atoms with Crippen molar-refractivity contribution >= 4 is 35.3 Å². The highest BCUT2D eigenvalue weighted by atomic mass is 16.6. The maximum absolute atomic E-state index is 12.7.